The molecule has 0 spiro atoms. The summed E-state index contributed by atoms with van der Waals surface area (Å²) in [4.78, 5) is 0. The van der Waals surface area contributed by atoms with Crippen molar-refractivity contribution in [2.45, 2.75) is 6.18 Å². The Hall–Kier alpha value is -1.07. The Morgan fingerprint density at radius 2 is 2.20 bits per heavy atom. The van der Waals surface area contributed by atoms with E-state index in [0.717, 1.165) is 10.9 Å². The molecular formula is C4H5F3N3+. The van der Waals surface area contributed by atoms with Gasteiger partial charge in [0.15, 0.2) is 6.20 Å². The Balaban J connectivity index is 2.96. The van der Waals surface area contributed by atoms with Gasteiger partial charge in [-0.2, -0.15) is 17.9 Å². The zero-order valence-electron chi connectivity index (χ0n) is 5.11. The minimum Gasteiger partial charge on any atom is -0.166 e. The first-order valence-electron chi connectivity index (χ1n) is 2.48. The van der Waals surface area contributed by atoms with Gasteiger partial charge in [-0.25, -0.2) is 0 Å². The highest BCUT2D eigenvalue weighted by molar-refractivity contribution is 4.92. The van der Waals surface area contributed by atoms with Gasteiger partial charge in [-0.3, -0.25) is 0 Å². The van der Waals surface area contributed by atoms with Gasteiger partial charge in [-0.15, -0.1) is 0 Å². The molecule has 0 atom stereocenters. The Bertz CT molecular complexity index is 226. The summed E-state index contributed by atoms with van der Waals surface area (Å²) in [5, 5.41) is 5.12. The van der Waals surface area contributed by atoms with Crippen LogP contribution in [0.15, 0.2) is 6.20 Å². The Kier molecular flexibility index (Phi) is 1.38. The number of alkyl halides is 3. The summed E-state index contributed by atoms with van der Waals surface area (Å²) in [6.07, 6.45) is -3.47. The minimum atomic E-state index is -4.35. The van der Waals surface area contributed by atoms with Crippen molar-refractivity contribution in [3.8, 4) is 0 Å². The normalized spacial score (nSPS) is 12.0. The van der Waals surface area contributed by atoms with Crippen LogP contribution >= 0.6 is 0 Å². The van der Waals surface area contributed by atoms with Crippen LogP contribution < -0.4 is 4.68 Å². The maximum absolute atomic E-state index is 11.7. The molecule has 1 heterocycles. The SMILES string of the molecule is C[n+]1cc(C(F)(F)F)n[nH]1. The lowest BCUT2D eigenvalue weighted by Crippen LogP contribution is -2.28. The van der Waals surface area contributed by atoms with Crippen molar-refractivity contribution >= 4 is 0 Å². The fraction of sp³-hybridized carbons (Fsp3) is 0.500. The molecule has 0 aliphatic rings. The fourth-order valence-electron chi connectivity index (χ4n) is 0.510. The van der Waals surface area contributed by atoms with E-state index < -0.39 is 11.9 Å². The molecule has 56 valence electrons. The first kappa shape index (κ1) is 7.04. The standard InChI is InChI=1S/C4H4F3N3/c1-10-2-3(8-9-10)4(5,6)7/h2H,1H3/p+1. The fourth-order valence-corrected chi connectivity index (χ4v) is 0.510. The van der Waals surface area contributed by atoms with E-state index in [0.29, 0.717) is 0 Å². The molecule has 0 saturated heterocycles. The molecule has 0 fully saturated rings. The lowest BCUT2D eigenvalue weighted by atomic mass is 10.5. The maximum Gasteiger partial charge on any atom is 0.464 e. The average Bonchev–Trinajstić information content (AvgIpc) is 2.11. The topological polar surface area (TPSA) is 32.6 Å². The van der Waals surface area contributed by atoms with E-state index in [2.05, 4.69) is 10.3 Å². The molecule has 0 amide bonds. The zero-order valence-corrected chi connectivity index (χ0v) is 5.11. The molecule has 0 aliphatic carbocycles. The summed E-state index contributed by atoms with van der Waals surface area (Å²) in [5.41, 5.74) is -0.907. The third kappa shape index (κ3) is 1.26. The number of aromatic amines is 1. The summed E-state index contributed by atoms with van der Waals surface area (Å²) < 4.78 is 36.2. The molecule has 0 saturated carbocycles. The zero-order chi connectivity index (χ0) is 7.78. The van der Waals surface area contributed by atoms with Crippen LogP contribution in [0.4, 0.5) is 13.2 Å². The van der Waals surface area contributed by atoms with E-state index in [1.165, 1.54) is 7.05 Å². The van der Waals surface area contributed by atoms with Gasteiger partial charge in [0, 0.05) is 0 Å². The number of aromatic nitrogens is 3. The average molecular weight is 152 g/mol. The van der Waals surface area contributed by atoms with Gasteiger partial charge in [-0.05, 0) is 0 Å². The van der Waals surface area contributed by atoms with E-state index >= 15 is 0 Å². The number of nitrogens with zero attached hydrogens (tertiary/aromatic N) is 2. The van der Waals surface area contributed by atoms with Crippen LogP contribution in [-0.2, 0) is 13.2 Å². The van der Waals surface area contributed by atoms with Crippen molar-refractivity contribution in [2.24, 2.45) is 7.05 Å². The van der Waals surface area contributed by atoms with Crippen LogP contribution in [0.1, 0.15) is 5.69 Å². The first-order valence-corrected chi connectivity index (χ1v) is 2.48. The smallest absolute Gasteiger partial charge is 0.166 e. The van der Waals surface area contributed by atoms with Crippen molar-refractivity contribution in [1.82, 2.24) is 10.3 Å². The van der Waals surface area contributed by atoms with Crippen molar-refractivity contribution in [3.05, 3.63) is 11.9 Å². The van der Waals surface area contributed by atoms with Gasteiger partial charge in [0.25, 0.3) is 0 Å². The summed E-state index contributed by atoms with van der Waals surface area (Å²) >= 11 is 0. The van der Waals surface area contributed by atoms with Crippen LogP contribution in [0, 0.1) is 0 Å². The van der Waals surface area contributed by atoms with Gasteiger partial charge in [0.2, 0.25) is 0 Å². The summed E-state index contributed by atoms with van der Waals surface area (Å²) in [7, 11) is 1.43. The van der Waals surface area contributed by atoms with Crippen LogP contribution in [0.2, 0.25) is 0 Å². The van der Waals surface area contributed by atoms with Crippen LogP contribution in [-0.4, -0.2) is 10.3 Å². The third-order valence-electron chi connectivity index (χ3n) is 0.935. The number of nitrogens with one attached hydrogen (secondary N) is 1. The number of rotatable bonds is 0. The second-order valence-electron chi connectivity index (χ2n) is 1.83. The Labute approximate surface area is 54.5 Å². The summed E-state index contributed by atoms with van der Waals surface area (Å²) in [5.74, 6) is 0. The summed E-state index contributed by atoms with van der Waals surface area (Å²) in [6.45, 7) is 0. The van der Waals surface area contributed by atoms with Gasteiger partial charge in [-0.1, -0.05) is 5.21 Å². The van der Waals surface area contributed by atoms with Crippen LogP contribution in [0.3, 0.4) is 0 Å². The van der Waals surface area contributed by atoms with Crippen molar-refractivity contribution in [1.29, 1.82) is 0 Å². The third-order valence-corrected chi connectivity index (χ3v) is 0.935. The van der Waals surface area contributed by atoms with Crippen LogP contribution in [0.25, 0.3) is 0 Å². The van der Waals surface area contributed by atoms with E-state index in [4.69, 9.17) is 0 Å². The minimum absolute atomic E-state index is 0.875. The highest BCUT2D eigenvalue weighted by atomic mass is 19.4. The number of aryl methyl sites for hydroxylation is 1. The second kappa shape index (κ2) is 1.96. The molecule has 1 N–H and O–H groups in total. The van der Waals surface area contributed by atoms with E-state index in [9.17, 15) is 13.2 Å². The number of hydrogen-bond donors (Lipinski definition) is 1. The number of hydrogen-bond acceptors (Lipinski definition) is 1. The Morgan fingerprint density at radius 3 is 2.40 bits per heavy atom. The molecule has 6 heteroatoms. The molecule has 3 nitrogen and oxygen atoms in total. The molecule has 0 radical (unpaired) electrons. The molecule has 0 unspecified atom stereocenters. The van der Waals surface area contributed by atoms with E-state index in [1.54, 1.807) is 0 Å². The quantitative estimate of drug-likeness (QED) is 0.531. The van der Waals surface area contributed by atoms with Gasteiger partial charge in [0.05, 0.1) is 5.10 Å². The van der Waals surface area contributed by atoms with Crippen molar-refractivity contribution in [3.63, 3.8) is 0 Å². The molecule has 0 bridgehead atoms. The lowest BCUT2D eigenvalue weighted by Gasteiger charge is -1.92. The molecule has 1 aromatic rings. The van der Waals surface area contributed by atoms with Gasteiger partial charge >= 0.3 is 11.9 Å². The first-order chi connectivity index (χ1) is 4.50. The molecule has 0 aromatic carbocycles. The van der Waals surface area contributed by atoms with E-state index in [1.807, 2.05) is 0 Å². The molecule has 0 aliphatic heterocycles. The number of H-pyrrole nitrogens is 1. The molecule has 10 heavy (non-hydrogen) atoms. The molecular weight excluding hydrogens is 147 g/mol. The van der Waals surface area contributed by atoms with E-state index in [-0.39, 0.29) is 0 Å². The van der Waals surface area contributed by atoms with Gasteiger partial charge in [0.1, 0.15) is 7.05 Å². The van der Waals surface area contributed by atoms with Crippen molar-refractivity contribution < 1.29 is 17.9 Å². The monoisotopic (exact) mass is 152 g/mol. The largest absolute Gasteiger partial charge is 0.464 e. The number of halogens is 3. The predicted octanol–water partition coefficient (Wildman–Crippen LogP) is 0.253. The molecule has 1 rings (SSSR count). The van der Waals surface area contributed by atoms with Crippen LogP contribution in [0.5, 0.6) is 0 Å². The molecule has 1 aromatic heterocycles. The highest BCUT2D eigenvalue weighted by Crippen LogP contribution is 2.25. The Morgan fingerprint density at radius 1 is 1.60 bits per heavy atom. The predicted molar refractivity (Wildman–Crippen MR) is 24.8 cm³/mol. The van der Waals surface area contributed by atoms with Crippen molar-refractivity contribution in [2.75, 3.05) is 0 Å². The summed E-state index contributed by atoms with van der Waals surface area (Å²) in [6, 6.07) is 0. The second-order valence-corrected chi connectivity index (χ2v) is 1.83. The highest BCUT2D eigenvalue weighted by Gasteiger charge is 2.39. The maximum atomic E-state index is 11.7. The van der Waals surface area contributed by atoms with Gasteiger partial charge < -0.3 is 0 Å². The lowest BCUT2D eigenvalue weighted by molar-refractivity contribution is -0.730.